The number of carbonyl (C=O) groups excluding carboxylic acids is 2. The van der Waals surface area contributed by atoms with Gasteiger partial charge in [-0.05, 0) is 69.1 Å². The number of likely N-dealkylation sites (N-methyl/N-ethyl adjacent to an activating group) is 1. The van der Waals surface area contributed by atoms with E-state index in [1.165, 1.54) is 0 Å². The van der Waals surface area contributed by atoms with Crippen molar-refractivity contribution in [2.24, 2.45) is 0 Å². The van der Waals surface area contributed by atoms with Crippen LogP contribution in [-0.2, 0) is 15.0 Å². The highest BCUT2D eigenvalue weighted by Gasteiger charge is 2.51. The summed E-state index contributed by atoms with van der Waals surface area (Å²) in [5.74, 6) is -3.90. The van der Waals surface area contributed by atoms with Crippen LogP contribution in [0.1, 0.15) is 31.2 Å². The zero-order valence-corrected chi connectivity index (χ0v) is 21.5. The molecular formula is C26H28F5N3O5. The van der Waals surface area contributed by atoms with Gasteiger partial charge in [0.2, 0.25) is 0 Å². The van der Waals surface area contributed by atoms with Crippen molar-refractivity contribution in [3.8, 4) is 11.5 Å². The molecule has 8 nitrogen and oxygen atoms in total. The third kappa shape index (κ3) is 5.58. The normalized spacial score (nSPS) is 23.1. The molecule has 2 aromatic rings. The maximum Gasteiger partial charge on any atom is 0.493 e. The largest absolute Gasteiger partial charge is 0.493 e. The summed E-state index contributed by atoms with van der Waals surface area (Å²) in [6.45, 7) is 0.767. The number of ether oxygens (including phenoxy) is 2. The quantitative estimate of drug-likeness (QED) is 0.424. The van der Waals surface area contributed by atoms with Crippen LogP contribution in [0.3, 0.4) is 0 Å². The molecule has 212 valence electrons. The van der Waals surface area contributed by atoms with E-state index in [0.717, 1.165) is 18.5 Å². The van der Waals surface area contributed by atoms with E-state index >= 15 is 0 Å². The zero-order chi connectivity index (χ0) is 28.5. The fraction of sp³-hybridized carbons (Fsp3) is 0.462. The Balaban J connectivity index is 1.57. The monoisotopic (exact) mass is 557 g/mol. The number of anilines is 1. The van der Waals surface area contributed by atoms with Gasteiger partial charge in [0.1, 0.15) is 11.5 Å². The molecule has 13 heteroatoms. The summed E-state index contributed by atoms with van der Waals surface area (Å²) in [7, 11) is 5.03. The van der Waals surface area contributed by atoms with Gasteiger partial charge in [0.25, 0.3) is 0 Å². The summed E-state index contributed by atoms with van der Waals surface area (Å²) in [5.41, 5.74) is -0.229. The lowest BCUT2D eigenvalue weighted by Crippen LogP contribution is -2.54. The number of likely N-dealkylation sites (tertiary alicyclic amines) is 1. The van der Waals surface area contributed by atoms with Crippen molar-refractivity contribution in [3.05, 3.63) is 53.6 Å². The lowest BCUT2D eigenvalue weighted by molar-refractivity contribution is -0.199. The van der Waals surface area contributed by atoms with Crippen molar-refractivity contribution in [2.45, 2.75) is 49.4 Å². The van der Waals surface area contributed by atoms with Crippen LogP contribution in [0.2, 0.25) is 0 Å². The van der Waals surface area contributed by atoms with Gasteiger partial charge in [0, 0.05) is 23.6 Å². The fourth-order valence-electron chi connectivity index (χ4n) is 5.60. The average Bonchev–Trinajstić information content (AvgIpc) is 3.24. The standard InChI is InChI=1S/C26H28F5N3O5/c1-33-11-10-25(15-4-7-20(37-2)21(12-15)38-3)9-8-17(14-22(25)33)32-24(36)34(39-23(35)26(29,30)31)19-13-16(27)5-6-18(19)28/h4-7,12-13,17,22H,8-11,14H2,1-3H3,(H,32,36)/t17-,22+,25+/m0/s1. The number of alkyl halides is 3. The lowest BCUT2D eigenvalue weighted by atomic mass is 9.65. The Labute approximate surface area is 221 Å². The minimum Gasteiger partial charge on any atom is -0.493 e. The maximum absolute atomic E-state index is 14.4. The van der Waals surface area contributed by atoms with Crippen molar-refractivity contribution < 1.29 is 45.9 Å². The Morgan fingerprint density at radius 2 is 1.77 bits per heavy atom. The second-order valence-electron chi connectivity index (χ2n) is 9.66. The first-order valence-corrected chi connectivity index (χ1v) is 12.2. The van der Waals surface area contributed by atoms with E-state index in [-0.39, 0.29) is 16.5 Å². The number of nitrogens with one attached hydrogen (secondary N) is 1. The topological polar surface area (TPSA) is 80.3 Å². The Morgan fingerprint density at radius 1 is 1.05 bits per heavy atom. The number of fused-ring (bicyclic) bond motifs is 1. The molecule has 1 aliphatic carbocycles. The molecule has 1 heterocycles. The van der Waals surface area contributed by atoms with Crippen LogP contribution < -0.4 is 19.9 Å². The van der Waals surface area contributed by atoms with E-state index in [1.54, 1.807) is 14.2 Å². The van der Waals surface area contributed by atoms with Crippen molar-refractivity contribution in [3.63, 3.8) is 0 Å². The molecule has 2 amide bonds. The third-order valence-corrected chi connectivity index (χ3v) is 7.53. The molecule has 2 aliphatic rings. The van der Waals surface area contributed by atoms with Gasteiger partial charge in [-0.1, -0.05) is 6.07 Å². The Morgan fingerprint density at radius 3 is 2.44 bits per heavy atom. The van der Waals surface area contributed by atoms with Gasteiger partial charge in [-0.2, -0.15) is 13.2 Å². The summed E-state index contributed by atoms with van der Waals surface area (Å²) in [4.78, 5) is 30.9. The molecule has 0 bridgehead atoms. The maximum atomic E-state index is 14.4. The molecule has 4 rings (SSSR count). The predicted molar refractivity (Wildman–Crippen MR) is 129 cm³/mol. The summed E-state index contributed by atoms with van der Waals surface area (Å²) in [6.07, 6.45) is -3.20. The molecule has 0 radical (unpaired) electrons. The van der Waals surface area contributed by atoms with Crippen LogP contribution in [0.25, 0.3) is 0 Å². The second kappa shape index (κ2) is 10.9. The third-order valence-electron chi connectivity index (χ3n) is 7.53. The van der Waals surface area contributed by atoms with E-state index < -0.39 is 41.5 Å². The highest BCUT2D eigenvalue weighted by Crippen LogP contribution is 2.50. The van der Waals surface area contributed by atoms with Crippen molar-refractivity contribution in [1.29, 1.82) is 0 Å². The van der Waals surface area contributed by atoms with E-state index in [0.29, 0.717) is 49.0 Å². The number of methoxy groups -OCH3 is 2. The molecule has 0 aromatic heterocycles. The molecule has 1 aliphatic heterocycles. The van der Waals surface area contributed by atoms with Gasteiger partial charge in [-0.25, -0.2) is 18.4 Å². The number of carbonyl (C=O) groups is 2. The van der Waals surface area contributed by atoms with E-state index in [4.69, 9.17) is 9.47 Å². The van der Waals surface area contributed by atoms with Gasteiger partial charge in [0.05, 0.1) is 14.2 Å². The van der Waals surface area contributed by atoms with Gasteiger partial charge >= 0.3 is 18.2 Å². The minimum atomic E-state index is -5.47. The zero-order valence-electron chi connectivity index (χ0n) is 21.5. The SMILES string of the molecule is COc1ccc([C@]23CC[C@H](NC(=O)N(OC(=O)C(F)(F)F)c4cc(F)ccc4F)C[C@H]2N(C)CC3)cc1OC. The number of hydrogen-bond acceptors (Lipinski definition) is 6. The van der Waals surface area contributed by atoms with Crippen molar-refractivity contribution in [1.82, 2.24) is 10.2 Å². The summed E-state index contributed by atoms with van der Waals surface area (Å²) < 4.78 is 77.7. The molecule has 39 heavy (non-hydrogen) atoms. The molecule has 1 saturated carbocycles. The van der Waals surface area contributed by atoms with E-state index in [9.17, 15) is 31.5 Å². The van der Waals surface area contributed by atoms with Crippen LogP contribution >= 0.6 is 0 Å². The van der Waals surface area contributed by atoms with Crippen molar-refractivity contribution >= 4 is 17.7 Å². The molecule has 0 spiro atoms. The minimum absolute atomic E-state index is 0.0632. The molecule has 1 saturated heterocycles. The molecule has 2 fully saturated rings. The van der Waals surface area contributed by atoms with Crippen LogP contribution in [0.5, 0.6) is 11.5 Å². The second-order valence-corrected chi connectivity index (χ2v) is 9.66. The number of hydroxylamine groups is 1. The number of urea groups is 1. The Hall–Kier alpha value is -3.61. The van der Waals surface area contributed by atoms with Gasteiger partial charge in [-0.3, -0.25) is 0 Å². The number of nitrogens with zero attached hydrogens (tertiary/aromatic N) is 2. The average molecular weight is 558 g/mol. The number of benzene rings is 2. The van der Waals surface area contributed by atoms with Crippen LogP contribution in [0.4, 0.5) is 32.4 Å². The first-order chi connectivity index (χ1) is 18.4. The van der Waals surface area contributed by atoms with Gasteiger partial charge in [0.15, 0.2) is 17.3 Å². The van der Waals surface area contributed by atoms with Crippen LogP contribution in [0, 0.1) is 11.6 Å². The van der Waals surface area contributed by atoms with E-state index in [2.05, 4.69) is 15.1 Å². The number of halogens is 5. The van der Waals surface area contributed by atoms with E-state index in [1.807, 2.05) is 25.2 Å². The smallest absolute Gasteiger partial charge is 0.493 e. The van der Waals surface area contributed by atoms with Crippen molar-refractivity contribution in [2.75, 3.05) is 32.9 Å². The van der Waals surface area contributed by atoms with Crippen LogP contribution in [-0.4, -0.2) is 63.0 Å². The molecular weight excluding hydrogens is 529 g/mol. The molecule has 3 atom stereocenters. The molecule has 2 aromatic carbocycles. The van der Waals surface area contributed by atoms with Gasteiger partial charge in [-0.15, -0.1) is 5.06 Å². The fourth-order valence-corrected chi connectivity index (χ4v) is 5.60. The first kappa shape index (κ1) is 28.4. The summed E-state index contributed by atoms with van der Waals surface area (Å²) >= 11 is 0. The number of hydrogen-bond donors (Lipinski definition) is 1. The highest BCUT2D eigenvalue weighted by molar-refractivity contribution is 5.93. The lowest BCUT2D eigenvalue weighted by Gasteiger charge is -2.45. The number of amides is 2. The van der Waals surface area contributed by atoms with Crippen LogP contribution in [0.15, 0.2) is 36.4 Å². The molecule has 1 N–H and O–H groups in total. The highest BCUT2D eigenvalue weighted by atomic mass is 19.4. The Kier molecular flexibility index (Phi) is 7.92. The number of rotatable bonds is 5. The molecule has 0 unspecified atom stereocenters. The first-order valence-electron chi connectivity index (χ1n) is 12.2. The summed E-state index contributed by atoms with van der Waals surface area (Å²) in [5, 5.41) is 2.35. The predicted octanol–water partition coefficient (Wildman–Crippen LogP) is 4.71. The Bertz CT molecular complexity index is 1240. The van der Waals surface area contributed by atoms with Gasteiger partial charge < -0.3 is 24.5 Å². The summed E-state index contributed by atoms with van der Waals surface area (Å²) in [6, 6.07) is 5.56.